The second-order valence-corrected chi connectivity index (χ2v) is 6.12. The van der Waals surface area contributed by atoms with Crippen molar-refractivity contribution in [3.05, 3.63) is 54.1 Å². The number of benzene rings is 2. The molecule has 0 heterocycles. The fourth-order valence-electron chi connectivity index (χ4n) is 1.78. The molecule has 1 unspecified atom stereocenters. The Labute approximate surface area is 132 Å². The van der Waals surface area contributed by atoms with Crippen LogP contribution in [0.25, 0.3) is 0 Å². The first-order valence-electron chi connectivity index (χ1n) is 6.62. The summed E-state index contributed by atoms with van der Waals surface area (Å²) >= 11 is 1.41. The summed E-state index contributed by atoms with van der Waals surface area (Å²) in [6.45, 7) is 1.79. The van der Waals surface area contributed by atoms with Crippen LogP contribution in [0.5, 0.6) is 0 Å². The standard InChI is InChI=1S/C16H16N2O3S/c1-10(22-14-7-5-12(17)6-8-14)15(19)18-13-4-2-3-11(9-13)16(20)21/h2-10H,17H2,1H3,(H,18,19)(H,20,21). The first kappa shape index (κ1) is 15.9. The molecule has 114 valence electrons. The third kappa shape index (κ3) is 4.26. The van der Waals surface area contributed by atoms with E-state index in [1.54, 1.807) is 31.2 Å². The van der Waals surface area contributed by atoms with Crippen molar-refractivity contribution in [3.63, 3.8) is 0 Å². The molecule has 0 aliphatic carbocycles. The molecule has 0 spiro atoms. The average Bonchev–Trinajstić information content (AvgIpc) is 2.49. The summed E-state index contributed by atoms with van der Waals surface area (Å²) in [5.74, 6) is -1.22. The van der Waals surface area contributed by atoms with Crippen LogP contribution in [-0.4, -0.2) is 22.2 Å². The topological polar surface area (TPSA) is 92.4 Å². The Morgan fingerprint density at radius 3 is 2.50 bits per heavy atom. The predicted molar refractivity (Wildman–Crippen MR) is 88.2 cm³/mol. The number of nitrogen functional groups attached to an aromatic ring is 1. The van der Waals surface area contributed by atoms with Gasteiger partial charge in [-0.1, -0.05) is 6.07 Å². The van der Waals surface area contributed by atoms with Crippen molar-refractivity contribution in [1.82, 2.24) is 0 Å². The predicted octanol–water partition coefficient (Wildman–Crippen LogP) is 3.09. The normalized spacial score (nSPS) is 11.7. The molecule has 0 radical (unpaired) electrons. The molecule has 1 atom stereocenters. The fraction of sp³-hybridized carbons (Fsp3) is 0.125. The second-order valence-electron chi connectivity index (χ2n) is 4.70. The zero-order valence-corrected chi connectivity index (χ0v) is 12.8. The van der Waals surface area contributed by atoms with Crippen molar-refractivity contribution in [1.29, 1.82) is 0 Å². The molecule has 0 saturated carbocycles. The van der Waals surface area contributed by atoms with E-state index >= 15 is 0 Å². The van der Waals surface area contributed by atoms with E-state index in [0.717, 1.165) is 4.90 Å². The molecule has 5 nitrogen and oxygen atoms in total. The van der Waals surface area contributed by atoms with Crippen molar-refractivity contribution in [2.24, 2.45) is 0 Å². The largest absolute Gasteiger partial charge is 0.478 e. The Morgan fingerprint density at radius 1 is 1.18 bits per heavy atom. The van der Waals surface area contributed by atoms with Crippen LogP contribution in [0.2, 0.25) is 0 Å². The number of carbonyl (C=O) groups is 2. The van der Waals surface area contributed by atoms with Gasteiger partial charge in [0.05, 0.1) is 10.8 Å². The van der Waals surface area contributed by atoms with Gasteiger partial charge in [-0.15, -0.1) is 11.8 Å². The molecule has 22 heavy (non-hydrogen) atoms. The van der Waals surface area contributed by atoms with Gasteiger partial charge in [0.15, 0.2) is 0 Å². The summed E-state index contributed by atoms with van der Waals surface area (Å²) in [6.07, 6.45) is 0. The molecule has 4 N–H and O–H groups in total. The van der Waals surface area contributed by atoms with Gasteiger partial charge in [0.25, 0.3) is 0 Å². The van der Waals surface area contributed by atoms with Crippen molar-refractivity contribution < 1.29 is 14.7 Å². The summed E-state index contributed by atoms with van der Waals surface area (Å²) in [5, 5.41) is 11.3. The highest BCUT2D eigenvalue weighted by Crippen LogP contribution is 2.25. The molecule has 0 bridgehead atoms. The van der Waals surface area contributed by atoms with Crippen LogP contribution in [-0.2, 0) is 4.79 Å². The molecule has 1 amide bonds. The molecule has 0 aromatic heterocycles. The van der Waals surface area contributed by atoms with E-state index in [1.807, 2.05) is 12.1 Å². The summed E-state index contributed by atoms with van der Waals surface area (Å²) in [4.78, 5) is 24.0. The third-order valence-corrected chi connectivity index (χ3v) is 4.05. The highest BCUT2D eigenvalue weighted by atomic mass is 32.2. The zero-order chi connectivity index (χ0) is 16.1. The van der Waals surface area contributed by atoms with Crippen LogP contribution in [0.3, 0.4) is 0 Å². The zero-order valence-electron chi connectivity index (χ0n) is 11.9. The molecule has 0 aliphatic heterocycles. The van der Waals surface area contributed by atoms with Crippen LogP contribution < -0.4 is 11.1 Å². The summed E-state index contributed by atoms with van der Waals surface area (Å²) < 4.78 is 0. The van der Waals surface area contributed by atoms with E-state index in [9.17, 15) is 9.59 Å². The molecular weight excluding hydrogens is 300 g/mol. The minimum Gasteiger partial charge on any atom is -0.478 e. The second kappa shape index (κ2) is 7.00. The van der Waals surface area contributed by atoms with Crippen molar-refractivity contribution in [3.8, 4) is 0 Å². The lowest BCUT2D eigenvalue weighted by molar-refractivity contribution is -0.115. The Hall–Kier alpha value is -2.47. The monoisotopic (exact) mass is 316 g/mol. The first-order chi connectivity index (χ1) is 10.5. The third-order valence-electron chi connectivity index (χ3n) is 2.94. The van der Waals surface area contributed by atoms with E-state index in [-0.39, 0.29) is 16.7 Å². The Balaban J connectivity index is 2.00. The number of carboxylic acids is 1. The maximum absolute atomic E-state index is 12.2. The number of anilines is 2. The minimum atomic E-state index is -1.03. The number of carboxylic acid groups (broad SMARTS) is 1. The minimum absolute atomic E-state index is 0.136. The lowest BCUT2D eigenvalue weighted by Gasteiger charge is -2.12. The molecular formula is C16H16N2O3S. The number of rotatable bonds is 5. The molecule has 2 aromatic carbocycles. The molecule has 0 fully saturated rings. The smallest absolute Gasteiger partial charge is 0.335 e. The van der Waals surface area contributed by atoms with Gasteiger partial charge in [-0.05, 0) is 49.4 Å². The van der Waals surface area contributed by atoms with E-state index in [0.29, 0.717) is 11.4 Å². The van der Waals surface area contributed by atoms with Gasteiger partial charge in [0.2, 0.25) is 5.91 Å². The Kier molecular flexibility index (Phi) is 5.06. The number of hydrogen-bond acceptors (Lipinski definition) is 4. The van der Waals surface area contributed by atoms with Gasteiger partial charge in [0, 0.05) is 16.3 Å². The van der Waals surface area contributed by atoms with Gasteiger partial charge in [0.1, 0.15) is 0 Å². The first-order valence-corrected chi connectivity index (χ1v) is 7.50. The van der Waals surface area contributed by atoms with Crippen molar-refractivity contribution >= 4 is 35.0 Å². The number of carbonyl (C=O) groups excluding carboxylic acids is 1. The summed E-state index contributed by atoms with van der Waals surface area (Å²) in [5.41, 5.74) is 6.90. The van der Waals surface area contributed by atoms with Gasteiger partial charge in [-0.2, -0.15) is 0 Å². The van der Waals surface area contributed by atoms with Crippen LogP contribution >= 0.6 is 11.8 Å². The summed E-state index contributed by atoms with van der Waals surface area (Å²) in [6, 6.07) is 13.4. The van der Waals surface area contributed by atoms with Gasteiger partial charge in [-0.3, -0.25) is 4.79 Å². The van der Waals surface area contributed by atoms with Gasteiger partial charge in [-0.25, -0.2) is 4.79 Å². The number of amides is 1. The molecule has 0 aliphatic rings. The molecule has 6 heteroatoms. The maximum Gasteiger partial charge on any atom is 0.335 e. The van der Waals surface area contributed by atoms with Crippen molar-refractivity contribution in [2.75, 3.05) is 11.1 Å². The molecule has 0 saturated heterocycles. The van der Waals surface area contributed by atoms with Gasteiger partial charge < -0.3 is 16.2 Å². The van der Waals surface area contributed by atoms with Crippen molar-refractivity contribution in [2.45, 2.75) is 17.1 Å². The van der Waals surface area contributed by atoms with Gasteiger partial charge >= 0.3 is 5.97 Å². The summed E-state index contributed by atoms with van der Waals surface area (Å²) in [7, 11) is 0. The number of hydrogen-bond donors (Lipinski definition) is 3. The lowest BCUT2D eigenvalue weighted by atomic mass is 10.2. The number of thioether (sulfide) groups is 1. The SMILES string of the molecule is CC(Sc1ccc(N)cc1)C(=O)Nc1cccc(C(=O)O)c1. The number of nitrogens with one attached hydrogen (secondary N) is 1. The van der Waals surface area contributed by atoms with E-state index < -0.39 is 5.97 Å². The van der Waals surface area contributed by atoms with Crippen LogP contribution in [0.4, 0.5) is 11.4 Å². The highest BCUT2D eigenvalue weighted by molar-refractivity contribution is 8.00. The quantitative estimate of drug-likeness (QED) is 0.582. The Morgan fingerprint density at radius 2 is 1.86 bits per heavy atom. The maximum atomic E-state index is 12.2. The van der Waals surface area contributed by atoms with Crippen LogP contribution in [0.15, 0.2) is 53.4 Å². The van der Waals surface area contributed by atoms with E-state index in [2.05, 4.69) is 5.32 Å². The van der Waals surface area contributed by atoms with Crippen LogP contribution in [0.1, 0.15) is 17.3 Å². The van der Waals surface area contributed by atoms with Crippen LogP contribution in [0, 0.1) is 0 Å². The molecule has 2 rings (SSSR count). The Bertz CT molecular complexity index is 686. The lowest BCUT2D eigenvalue weighted by Crippen LogP contribution is -2.22. The fourth-order valence-corrected chi connectivity index (χ4v) is 2.65. The number of aromatic carboxylic acids is 1. The van der Waals surface area contributed by atoms with E-state index in [1.165, 1.54) is 23.9 Å². The highest BCUT2D eigenvalue weighted by Gasteiger charge is 2.15. The number of nitrogens with two attached hydrogens (primary N) is 1. The van der Waals surface area contributed by atoms with E-state index in [4.69, 9.17) is 10.8 Å². The average molecular weight is 316 g/mol. The molecule has 2 aromatic rings.